The van der Waals surface area contributed by atoms with E-state index in [0.29, 0.717) is 30.1 Å². The first-order valence-corrected chi connectivity index (χ1v) is 53.4. The minimum absolute atomic E-state index is 0. The molecule has 1 radical (unpaired) electrons. The van der Waals surface area contributed by atoms with Gasteiger partial charge in [0.25, 0.3) is 0 Å². The van der Waals surface area contributed by atoms with Crippen molar-refractivity contribution in [1.29, 1.82) is 0 Å². The number of aliphatic carboxylic acids is 1. The van der Waals surface area contributed by atoms with E-state index in [9.17, 15) is 22.3 Å². The molecule has 383 valence electrons. The molecule has 64 heavy (non-hydrogen) atoms. The third-order valence-electron chi connectivity index (χ3n) is 11.6. The summed E-state index contributed by atoms with van der Waals surface area (Å²) >= 11 is -10.8. The van der Waals surface area contributed by atoms with Crippen LogP contribution in [0.5, 0.6) is 0 Å². The summed E-state index contributed by atoms with van der Waals surface area (Å²) in [6.45, 7) is 35.0. The number of carboxylic acid groups (broad SMARTS) is 1. The Kier molecular flexibility index (Phi) is 43.5. The SMILES string of the molecule is CCC(C)(CCC(C)C)C(=O)O.CCC(C)(CCC(C)C)C(=O)[O][Sn]([CH3])[CH3].O.O.[CH2+]C(C)CCC(C)(CC)C(=O)[O][Sn]([CH3])([CH3])[O][Sn]([CH3])([CH3])[O]C(=O)C(C)(CC)CCC(C)C.[CH3][Sn]([CH3])=[O]. The zero-order valence-electron chi connectivity index (χ0n) is 45.6. The van der Waals surface area contributed by atoms with Gasteiger partial charge in [-0.25, -0.2) is 0 Å². The molecule has 0 aliphatic rings. The quantitative estimate of drug-likeness (QED) is 0.0676. The van der Waals surface area contributed by atoms with E-state index < -0.39 is 101 Å². The molecule has 0 aliphatic carbocycles. The van der Waals surface area contributed by atoms with Crippen molar-refractivity contribution < 1.29 is 48.9 Å². The van der Waals surface area contributed by atoms with Gasteiger partial charge in [-0.15, -0.1) is 0 Å². The van der Waals surface area contributed by atoms with Crippen LogP contribution in [0.25, 0.3) is 0 Å². The van der Waals surface area contributed by atoms with Gasteiger partial charge in [-0.05, 0) is 32.1 Å². The molecule has 0 fully saturated rings. The van der Waals surface area contributed by atoms with Crippen LogP contribution in [0, 0.1) is 52.3 Å². The summed E-state index contributed by atoms with van der Waals surface area (Å²) in [7, 11) is 0. The summed E-state index contributed by atoms with van der Waals surface area (Å²) in [4.78, 5) is 64.5. The first-order chi connectivity index (χ1) is 27.9. The van der Waals surface area contributed by atoms with E-state index in [1.807, 2.05) is 78.1 Å². The summed E-state index contributed by atoms with van der Waals surface area (Å²) < 4.78 is 33.7. The molecule has 0 bridgehead atoms. The Morgan fingerprint density at radius 1 is 0.547 bits per heavy atom. The molecule has 0 spiro atoms. The molecule has 0 saturated heterocycles. The summed E-state index contributed by atoms with van der Waals surface area (Å²) in [5.41, 5.74) is -1.78. The fourth-order valence-electron chi connectivity index (χ4n) is 5.73. The standard InChI is InChI=1S/3C10H20O2.C10H18O2.8CH3.2H2O.2O.4Sn/c4*1-5-10(4,9(11)12)7-6-8(2)3;;;;;;;;;;;;;;;;/h3*8H,5-7H2,1-4H3,(H,11,12);8H,2,5-7H2,1,3-4H3;8*1H3;2*1H2;;;;;;/q;;;;;;;;;;;;;;;;;3*+1/p-2. The summed E-state index contributed by atoms with van der Waals surface area (Å²) in [5.74, 6) is 1.13. The Labute approximate surface area is 419 Å². The van der Waals surface area contributed by atoms with Crippen LogP contribution in [0.1, 0.15) is 181 Å². The van der Waals surface area contributed by atoms with Gasteiger partial charge in [-0.2, -0.15) is 0 Å². The van der Waals surface area contributed by atoms with Gasteiger partial charge in [0.2, 0.25) is 0 Å². The number of carboxylic acids is 1. The summed E-state index contributed by atoms with van der Waals surface area (Å²) in [6, 6.07) is 0. The molecular formula is C48H104O12Sn4+. The van der Waals surface area contributed by atoms with Crippen LogP contribution in [0.3, 0.4) is 0 Å². The van der Waals surface area contributed by atoms with E-state index in [1.54, 1.807) is 0 Å². The Hall–Kier alpha value is 0.625. The molecule has 0 aromatic heterocycles. The molecule has 16 heteroatoms. The van der Waals surface area contributed by atoms with E-state index in [-0.39, 0.29) is 34.3 Å². The van der Waals surface area contributed by atoms with Crippen molar-refractivity contribution >= 4 is 102 Å². The predicted molar refractivity (Wildman–Crippen MR) is 274 cm³/mol. The zero-order chi connectivity index (χ0) is 50.1. The second kappa shape index (κ2) is 36.6. The number of carbonyl (C=O) groups is 4. The van der Waals surface area contributed by atoms with Gasteiger partial charge in [-0.3, -0.25) is 4.79 Å². The first kappa shape index (κ1) is 76.1. The van der Waals surface area contributed by atoms with E-state index in [2.05, 4.69) is 72.2 Å². The molecule has 5 N–H and O–H groups in total. The second-order valence-corrected chi connectivity index (χ2v) is 53.9. The molecule has 0 amide bonds. The molecule has 0 rings (SSSR count). The van der Waals surface area contributed by atoms with Crippen molar-refractivity contribution in [1.82, 2.24) is 0 Å². The second-order valence-electron chi connectivity index (χ2n) is 21.3. The van der Waals surface area contributed by atoms with E-state index in [4.69, 9.17) is 15.7 Å². The van der Waals surface area contributed by atoms with Crippen molar-refractivity contribution in [3.8, 4) is 0 Å². The van der Waals surface area contributed by atoms with Gasteiger partial charge in [0.1, 0.15) is 0 Å². The molecule has 5 unspecified atom stereocenters. The number of hydrogen-bond acceptors (Lipinski definition) is 9. The van der Waals surface area contributed by atoms with Crippen molar-refractivity contribution in [2.24, 2.45) is 45.3 Å². The molecular weight excluding hydrogens is 1240 g/mol. The third-order valence-corrected chi connectivity index (χ3v) is 38.8. The molecule has 0 aromatic rings. The molecule has 5 atom stereocenters. The monoisotopic (exact) mass is 1350 g/mol. The van der Waals surface area contributed by atoms with Gasteiger partial charge in [0, 0.05) is 0 Å². The average Bonchev–Trinajstić information content (AvgIpc) is 3.12. The third kappa shape index (κ3) is 36.6. The number of carbonyl (C=O) groups excluding carboxylic acids is 3. The van der Waals surface area contributed by atoms with Gasteiger partial charge >= 0.3 is 345 Å². The first-order valence-electron chi connectivity index (χ1n) is 23.6. The van der Waals surface area contributed by atoms with E-state index in [1.165, 1.54) is 0 Å². The van der Waals surface area contributed by atoms with Crippen LogP contribution in [0.15, 0.2) is 0 Å². The number of hydrogen-bond donors (Lipinski definition) is 1. The van der Waals surface area contributed by atoms with E-state index in [0.717, 1.165) is 70.6 Å². The molecule has 0 aliphatic heterocycles. The fraction of sp³-hybridized carbons (Fsp3) is 0.896. The van der Waals surface area contributed by atoms with Crippen LogP contribution in [-0.2, 0) is 32.9 Å². The Morgan fingerprint density at radius 2 is 0.797 bits per heavy atom. The summed E-state index contributed by atoms with van der Waals surface area (Å²) in [5, 5.41) is 8.95. The van der Waals surface area contributed by atoms with Crippen molar-refractivity contribution in [2.75, 3.05) is 0 Å². The van der Waals surface area contributed by atoms with Crippen LogP contribution < -0.4 is 0 Å². The van der Waals surface area contributed by atoms with Crippen LogP contribution >= 0.6 is 0 Å². The molecule has 0 aromatic carbocycles. The maximum atomic E-state index is 13.0. The van der Waals surface area contributed by atoms with Crippen molar-refractivity contribution in [2.45, 2.75) is 220 Å². The minimum atomic E-state index is -3.65. The fourth-order valence-corrected chi connectivity index (χ4v) is 39.3. The van der Waals surface area contributed by atoms with E-state index >= 15 is 0 Å². The molecule has 0 saturated carbocycles. The average molecular weight is 1350 g/mol. The van der Waals surface area contributed by atoms with Crippen molar-refractivity contribution in [3.63, 3.8) is 0 Å². The number of rotatable bonds is 25. The summed E-state index contributed by atoms with van der Waals surface area (Å²) in [6.07, 6.45) is 10.3. The zero-order valence-corrected chi connectivity index (χ0v) is 57.0. The van der Waals surface area contributed by atoms with Crippen LogP contribution in [0.4, 0.5) is 0 Å². The Morgan fingerprint density at radius 3 is 1.02 bits per heavy atom. The maximum absolute atomic E-state index is 13.0. The van der Waals surface area contributed by atoms with Crippen LogP contribution in [-0.4, -0.2) is 118 Å². The van der Waals surface area contributed by atoms with Crippen LogP contribution in [0.2, 0.25) is 39.5 Å². The normalized spacial score (nSPS) is 15.5. The van der Waals surface area contributed by atoms with Gasteiger partial charge in [0.05, 0.1) is 5.41 Å². The predicted octanol–water partition coefficient (Wildman–Crippen LogP) is 12.6. The van der Waals surface area contributed by atoms with Gasteiger partial charge in [-0.1, -0.05) is 20.8 Å². The Balaban J connectivity index is -0.000000211. The topological polar surface area (TPSA) is 205 Å². The van der Waals surface area contributed by atoms with Crippen molar-refractivity contribution in [3.05, 3.63) is 6.92 Å². The Bertz CT molecular complexity index is 1250. The van der Waals surface area contributed by atoms with Gasteiger partial charge in [0.15, 0.2) is 0 Å². The van der Waals surface area contributed by atoms with Gasteiger partial charge < -0.3 is 16.1 Å². The molecule has 0 heterocycles. The molecule has 12 nitrogen and oxygen atoms in total.